The minimum Gasteiger partial charge on any atom is -0.497 e. The first-order chi connectivity index (χ1) is 11.3. The third-order valence-electron chi connectivity index (χ3n) is 4.19. The van der Waals surface area contributed by atoms with Crippen molar-refractivity contribution in [2.24, 2.45) is 0 Å². The van der Waals surface area contributed by atoms with Crippen LogP contribution in [0.4, 0.5) is 0 Å². The predicted molar refractivity (Wildman–Crippen MR) is 90.2 cm³/mol. The molecule has 2 aromatic rings. The van der Waals surface area contributed by atoms with Gasteiger partial charge >= 0.3 is 0 Å². The SMILES string of the molecule is COc1cccc(C(N[C@H]2CCOC2)c2cccc(OC)c2)c1. The maximum atomic E-state index is 5.51. The van der Waals surface area contributed by atoms with Crippen LogP contribution in [0.15, 0.2) is 48.5 Å². The third-order valence-corrected chi connectivity index (χ3v) is 4.19. The van der Waals surface area contributed by atoms with Gasteiger partial charge in [0.05, 0.1) is 26.9 Å². The fraction of sp³-hybridized carbons (Fsp3) is 0.368. The van der Waals surface area contributed by atoms with Crippen LogP contribution in [0.5, 0.6) is 11.5 Å². The first-order valence-corrected chi connectivity index (χ1v) is 7.92. The monoisotopic (exact) mass is 313 g/mol. The molecule has 0 aliphatic carbocycles. The average Bonchev–Trinajstić information content (AvgIpc) is 3.13. The number of rotatable bonds is 6. The second kappa shape index (κ2) is 7.49. The molecule has 0 unspecified atom stereocenters. The van der Waals surface area contributed by atoms with E-state index in [1.807, 2.05) is 24.3 Å². The Kier molecular flexibility index (Phi) is 5.16. The molecule has 1 aliphatic heterocycles. The van der Waals surface area contributed by atoms with Crippen LogP contribution in [0.2, 0.25) is 0 Å². The fourth-order valence-electron chi connectivity index (χ4n) is 2.93. The van der Waals surface area contributed by atoms with Gasteiger partial charge in [-0.1, -0.05) is 24.3 Å². The summed E-state index contributed by atoms with van der Waals surface area (Å²) in [6, 6.07) is 16.8. The Balaban J connectivity index is 1.94. The summed E-state index contributed by atoms with van der Waals surface area (Å²) < 4.78 is 16.3. The van der Waals surface area contributed by atoms with E-state index in [1.54, 1.807) is 14.2 Å². The van der Waals surface area contributed by atoms with E-state index in [9.17, 15) is 0 Å². The molecule has 0 amide bonds. The summed E-state index contributed by atoms with van der Waals surface area (Å²) in [6.07, 6.45) is 1.03. The summed E-state index contributed by atoms with van der Waals surface area (Å²) in [6.45, 7) is 1.57. The Labute approximate surface area is 137 Å². The van der Waals surface area contributed by atoms with Gasteiger partial charge in [-0.05, 0) is 41.8 Å². The van der Waals surface area contributed by atoms with Crippen molar-refractivity contribution in [2.75, 3.05) is 27.4 Å². The van der Waals surface area contributed by atoms with Crippen LogP contribution in [0.3, 0.4) is 0 Å². The minimum absolute atomic E-state index is 0.0758. The number of hydrogen-bond acceptors (Lipinski definition) is 4. The first-order valence-electron chi connectivity index (χ1n) is 7.92. The van der Waals surface area contributed by atoms with Gasteiger partial charge in [0, 0.05) is 12.6 Å². The average molecular weight is 313 g/mol. The predicted octanol–water partition coefficient (Wildman–Crippen LogP) is 3.17. The van der Waals surface area contributed by atoms with Gasteiger partial charge < -0.3 is 19.5 Å². The largest absolute Gasteiger partial charge is 0.497 e. The smallest absolute Gasteiger partial charge is 0.119 e. The van der Waals surface area contributed by atoms with Gasteiger partial charge in [0.2, 0.25) is 0 Å². The first kappa shape index (κ1) is 15.8. The van der Waals surface area contributed by atoms with Gasteiger partial charge in [-0.3, -0.25) is 0 Å². The summed E-state index contributed by atoms with van der Waals surface area (Å²) in [7, 11) is 3.38. The number of hydrogen-bond donors (Lipinski definition) is 1. The molecule has 122 valence electrons. The Hall–Kier alpha value is -2.04. The summed E-state index contributed by atoms with van der Waals surface area (Å²) in [5.41, 5.74) is 2.34. The van der Waals surface area contributed by atoms with Gasteiger partial charge in [-0.2, -0.15) is 0 Å². The lowest BCUT2D eigenvalue weighted by Gasteiger charge is -2.24. The van der Waals surface area contributed by atoms with E-state index in [2.05, 4.69) is 29.6 Å². The zero-order valence-corrected chi connectivity index (χ0v) is 13.6. The molecule has 23 heavy (non-hydrogen) atoms. The number of benzene rings is 2. The van der Waals surface area contributed by atoms with Crippen LogP contribution in [-0.4, -0.2) is 33.5 Å². The van der Waals surface area contributed by atoms with Crippen molar-refractivity contribution in [3.63, 3.8) is 0 Å². The van der Waals surface area contributed by atoms with Gasteiger partial charge in [-0.15, -0.1) is 0 Å². The van der Waals surface area contributed by atoms with E-state index >= 15 is 0 Å². The van der Waals surface area contributed by atoms with Gasteiger partial charge in [-0.25, -0.2) is 0 Å². The highest BCUT2D eigenvalue weighted by molar-refractivity contribution is 5.39. The van der Waals surface area contributed by atoms with Crippen molar-refractivity contribution in [3.05, 3.63) is 59.7 Å². The molecule has 0 bridgehead atoms. The van der Waals surface area contributed by atoms with E-state index < -0.39 is 0 Å². The second-order valence-corrected chi connectivity index (χ2v) is 5.71. The number of nitrogens with one attached hydrogen (secondary N) is 1. The van der Waals surface area contributed by atoms with E-state index in [0.29, 0.717) is 6.04 Å². The minimum atomic E-state index is 0.0758. The van der Waals surface area contributed by atoms with Gasteiger partial charge in [0.1, 0.15) is 11.5 Å². The molecule has 2 aromatic carbocycles. The zero-order valence-electron chi connectivity index (χ0n) is 13.6. The molecule has 3 rings (SSSR count). The summed E-state index contributed by atoms with van der Waals surface area (Å²) in [5.74, 6) is 1.72. The van der Waals surface area contributed by atoms with Crippen molar-refractivity contribution in [1.29, 1.82) is 0 Å². The molecule has 1 N–H and O–H groups in total. The lowest BCUT2D eigenvalue weighted by atomic mass is 9.97. The molecule has 0 saturated carbocycles. The standard InChI is InChI=1S/C19H23NO3/c1-21-17-7-3-5-14(11-17)19(20-16-9-10-23-13-16)15-6-4-8-18(12-15)22-2/h3-8,11-12,16,19-20H,9-10,13H2,1-2H3/t16-/m0/s1. The molecule has 0 spiro atoms. The molecule has 1 aliphatic rings. The summed E-state index contributed by atoms with van der Waals surface area (Å²) >= 11 is 0. The van der Waals surface area contributed by atoms with Crippen LogP contribution in [0.1, 0.15) is 23.6 Å². The van der Waals surface area contributed by atoms with Crippen molar-refractivity contribution in [1.82, 2.24) is 5.32 Å². The van der Waals surface area contributed by atoms with E-state index in [0.717, 1.165) is 31.1 Å². The molecule has 1 heterocycles. The second-order valence-electron chi connectivity index (χ2n) is 5.71. The van der Waals surface area contributed by atoms with Crippen molar-refractivity contribution < 1.29 is 14.2 Å². The van der Waals surface area contributed by atoms with Crippen molar-refractivity contribution in [3.8, 4) is 11.5 Å². The zero-order chi connectivity index (χ0) is 16.1. The Morgan fingerprint density at radius 3 is 2.09 bits per heavy atom. The summed E-state index contributed by atoms with van der Waals surface area (Å²) in [5, 5.41) is 3.72. The van der Waals surface area contributed by atoms with Crippen LogP contribution in [-0.2, 0) is 4.74 Å². The highest BCUT2D eigenvalue weighted by Gasteiger charge is 2.22. The quantitative estimate of drug-likeness (QED) is 0.889. The van der Waals surface area contributed by atoms with Crippen LogP contribution in [0.25, 0.3) is 0 Å². The highest BCUT2D eigenvalue weighted by atomic mass is 16.5. The molecular weight excluding hydrogens is 290 g/mol. The number of ether oxygens (including phenoxy) is 3. The van der Waals surface area contributed by atoms with Crippen molar-refractivity contribution >= 4 is 0 Å². The Morgan fingerprint density at radius 2 is 1.61 bits per heavy atom. The molecule has 0 aromatic heterocycles. The Bertz CT molecular complexity index is 591. The Morgan fingerprint density at radius 1 is 1.00 bits per heavy atom. The summed E-state index contributed by atoms with van der Waals surface area (Å²) in [4.78, 5) is 0. The van der Waals surface area contributed by atoms with Crippen LogP contribution >= 0.6 is 0 Å². The molecular formula is C19H23NO3. The van der Waals surface area contributed by atoms with E-state index in [-0.39, 0.29) is 6.04 Å². The van der Waals surface area contributed by atoms with E-state index in [1.165, 1.54) is 11.1 Å². The molecule has 1 fully saturated rings. The number of methoxy groups -OCH3 is 2. The lowest BCUT2D eigenvalue weighted by Crippen LogP contribution is -2.33. The van der Waals surface area contributed by atoms with Crippen molar-refractivity contribution in [2.45, 2.75) is 18.5 Å². The fourth-order valence-corrected chi connectivity index (χ4v) is 2.93. The molecule has 1 atom stereocenters. The van der Waals surface area contributed by atoms with Crippen LogP contribution in [0, 0.1) is 0 Å². The molecule has 0 radical (unpaired) electrons. The normalized spacial score (nSPS) is 17.4. The van der Waals surface area contributed by atoms with Gasteiger partial charge in [0.25, 0.3) is 0 Å². The van der Waals surface area contributed by atoms with Crippen LogP contribution < -0.4 is 14.8 Å². The van der Waals surface area contributed by atoms with Gasteiger partial charge in [0.15, 0.2) is 0 Å². The van der Waals surface area contributed by atoms with E-state index in [4.69, 9.17) is 14.2 Å². The maximum absolute atomic E-state index is 5.51. The molecule has 1 saturated heterocycles. The molecule has 4 heteroatoms. The highest BCUT2D eigenvalue weighted by Crippen LogP contribution is 2.28. The lowest BCUT2D eigenvalue weighted by molar-refractivity contribution is 0.189. The maximum Gasteiger partial charge on any atom is 0.119 e. The topological polar surface area (TPSA) is 39.7 Å². The third kappa shape index (κ3) is 3.84. The molecule has 4 nitrogen and oxygen atoms in total.